The van der Waals surface area contributed by atoms with Crippen LogP contribution in [0.3, 0.4) is 0 Å². The number of nitrogens with zero attached hydrogens (tertiary/aromatic N) is 1. The van der Waals surface area contributed by atoms with E-state index in [2.05, 4.69) is 12.2 Å². The van der Waals surface area contributed by atoms with Crippen LogP contribution in [0.4, 0.5) is 0 Å². The van der Waals surface area contributed by atoms with E-state index in [1.807, 2.05) is 11.9 Å². The number of fused-ring (bicyclic) bond motifs is 4. The Morgan fingerprint density at radius 2 is 2.25 bits per heavy atom. The lowest BCUT2D eigenvalue weighted by Crippen LogP contribution is -2.45. The van der Waals surface area contributed by atoms with E-state index in [9.17, 15) is 4.79 Å². The normalized spacial score (nSPS) is 37.8. The van der Waals surface area contributed by atoms with E-state index in [-0.39, 0.29) is 5.92 Å². The van der Waals surface area contributed by atoms with Gasteiger partial charge in [0.05, 0.1) is 5.92 Å². The molecule has 2 heteroatoms. The predicted octanol–water partition coefficient (Wildman–Crippen LogP) is 1.57. The fraction of sp³-hybridized carbons (Fsp3) is 0.700. The van der Waals surface area contributed by atoms with Gasteiger partial charge in [0.1, 0.15) is 0 Å². The smallest absolute Gasteiger partial charge is 0.229 e. The molecule has 0 aromatic rings. The zero-order valence-electron chi connectivity index (χ0n) is 7.49. The highest BCUT2D eigenvalue weighted by Gasteiger charge is 2.31. The van der Waals surface area contributed by atoms with Crippen LogP contribution < -0.4 is 0 Å². The van der Waals surface area contributed by atoms with E-state index in [1.165, 1.54) is 6.42 Å². The molecule has 0 aromatic carbocycles. The Morgan fingerprint density at radius 3 is 3.08 bits per heavy atom. The molecule has 0 radical (unpaired) electrons. The maximum atomic E-state index is 11.6. The maximum Gasteiger partial charge on any atom is 0.229 e. The SMILES string of the molecule is CN1C(=O)[C@@H]2/C=C\CC[C@H]1CC2. The molecule has 2 nitrogen and oxygen atoms in total. The summed E-state index contributed by atoms with van der Waals surface area (Å²) in [6.07, 6.45) is 8.79. The van der Waals surface area contributed by atoms with Crippen LogP contribution in [0.15, 0.2) is 12.2 Å². The van der Waals surface area contributed by atoms with E-state index >= 15 is 0 Å². The molecule has 3 aliphatic rings. The van der Waals surface area contributed by atoms with E-state index in [0.717, 1.165) is 19.3 Å². The van der Waals surface area contributed by atoms with Crippen LogP contribution in [-0.2, 0) is 4.79 Å². The van der Waals surface area contributed by atoms with Crippen LogP contribution in [0.1, 0.15) is 25.7 Å². The summed E-state index contributed by atoms with van der Waals surface area (Å²) in [6, 6.07) is 0.513. The molecule has 2 heterocycles. The predicted molar refractivity (Wildman–Crippen MR) is 47.7 cm³/mol. The van der Waals surface area contributed by atoms with Crippen molar-refractivity contribution in [2.45, 2.75) is 31.7 Å². The van der Waals surface area contributed by atoms with Crippen molar-refractivity contribution in [3.63, 3.8) is 0 Å². The van der Waals surface area contributed by atoms with Crippen molar-refractivity contribution >= 4 is 5.91 Å². The van der Waals surface area contributed by atoms with Gasteiger partial charge >= 0.3 is 0 Å². The average molecular weight is 165 g/mol. The lowest BCUT2D eigenvalue weighted by Gasteiger charge is -2.37. The van der Waals surface area contributed by atoms with Crippen molar-refractivity contribution < 1.29 is 4.79 Å². The monoisotopic (exact) mass is 165 g/mol. The van der Waals surface area contributed by atoms with Crippen LogP contribution in [0, 0.1) is 5.92 Å². The first-order valence-electron chi connectivity index (χ1n) is 4.72. The van der Waals surface area contributed by atoms with Gasteiger partial charge in [0.15, 0.2) is 0 Å². The molecule has 0 spiro atoms. The molecule has 0 unspecified atom stereocenters. The van der Waals surface area contributed by atoms with E-state index < -0.39 is 0 Å². The summed E-state index contributed by atoms with van der Waals surface area (Å²) in [4.78, 5) is 13.6. The Morgan fingerprint density at radius 1 is 1.42 bits per heavy atom. The first kappa shape index (κ1) is 7.84. The number of amides is 1. The van der Waals surface area contributed by atoms with Gasteiger partial charge in [0, 0.05) is 13.1 Å². The molecule has 2 aliphatic heterocycles. The molecule has 1 saturated heterocycles. The fourth-order valence-corrected chi connectivity index (χ4v) is 2.20. The van der Waals surface area contributed by atoms with Gasteiger partial charge in [-0.05, 0) is 25.7 Å². The summed E-state index contributed by atoms with van der Waals surface area (Å²) >= 11 is 0. The first-order valence-corrected chi connectivity index (χ1v) is 4.72. The molecule has 2 atom stereocenters. The number of carbonyl (C=O) groups excluding carboxylic acids is 1. The van der Waals surface area contributed by atoms with Gasteiger partial charge < -0.3 is 4.90 Å². The Bertz CT molecular complexity index is 222. The van der Waals surface area contributed by atoms with Crippen LogP contribution in [-0.4, -0.2) is 23.9 Å². The molecule has 1 amide bonds. The van der Waals surface area contributed by atoms with Crippen molar-refractivity contribution in [2.75, 3.05) is 7.05 Å². The molecule has 1 fully saturated rings. The number of hydrogen-bond acceptors (Lipinski definition) is 1. The van der Waals surface area contributed by atoms with Crippen molar-refractivity contribution in [1.29, 1.82) is 0 Å². The Labute approximate surface area is 73.2 Å². The van der Waals surface area contributed by atoms with E-state index in [0.29, 0.717) is 11.9 Å². The molecule has 3 rings (SSSR count). The van der Waals surface area contributed by atoms with Gasteiger partial charge in [-0.1, -0.05) is 12.2 Å². The number of rotatable bonds is 0. The van der Waals surface area contributed by atoms with Crippen molar-refractivity contribution in [2.24, 2.45) is 5.92 Å². The summed E-state index contributed by atoms with van der Waals surface area (Å²) in [5.41, 5.74) is 0. The summed E-state index contributed by atoms with van der Waals surface area (Å²) in [6.45, 7) is 0. The molecule has 12 heavy (non-hydrogen) atoms. The second-order valence-electron chi connectivity index (χ2n) is 3.79. The van der Waals surface area contributed by atoms with E-state index in [4.69, 9.17) is 0 Å². The molecule has 66 valence electrons. The average Bonchev–Trinajstić information content (AvgIpc) is 2.00. The topological polar surface area (TPSA) is 20.3 Å². The number of carbonyl (C=O) groups is 1. The van der Waals surface area contributed by atoms with Gasteiger partial charge in [-0.25, -0.2) is 0 Å². The quantitative estimate of drug-likeness (QED) is 0.499. The lowest BCUT2D eigenvalue weighted by molar-refractivity contribution is -0.138. The van der Waals surface area contributed by atoms with Crippen molar-refractivity contribution in [1.82, 2.24) is 4.90 Å². The summed E-state index contributed by atoms with van der Waals surface area (Å²) in [7, 11) is 1.94. The van der Waals surface area contributed by atoms with Crippen LogP contribution in [0.2, 0.25) is 0 Å². The summed E-state index contributed by atoms with van der Waals surface area (Å²) < 4.78 is 0. The van der Waals surface area contributed by atoms with Gasteiger partial charge in [-0.15, -0.1) is 0 Å². The zero-order valence-corrected chi connectivity index (χ0v) is 7.49. The number of piperidine rings is 1. The number of allylic oxidation sites excluding steroid dienone is 1. The molecule has 0 saturated carbocycles. The Balaban J connectivity index is 2.25. The molecule has 1 aliphatic carbocycles. The first-order chi connectivity index (χ1) is 5.79. The van der Waals surface area contributed by atoms with Gasteiger partial charge in [-0.3, -0.25) is 4.79 Å². The molecule has 0 N–H and O–H groups in total. The minimum atomic E-state index is 0.187. The second kappa shape index (κ2) is 2.92. The molecular formula is C10H15NO. The van der Waals surface area contributed by atoms with Gasteiger partial charge in [0.2, 0.25) is 5.91 Å². The summed E-state index contributed by atoms with van der Waals surface area (Å²) in [5, 5.41) is 0. The fourth-order valence-electron chi connectivity index (χ4n) is 2.20. The standard InChI is InChI=1S/C10H15NO/c1-11-9-5-3-2-4-8(6-7-9)10(11)12/h2,4,8-9H,3,5-7H2,1H3/b4-2-/t8-,9+/m1/s1. The van der Waals surface area contributed by atoms with Crippen molar-refractivity contribution in [3.05, 3.63) is 12.2 Å². The Kier molecular flexibility index (Phi) is 1.91. The largest absolute Gasteiger partial charge is 0.342 e. The maximum absolute atomic E-state index is 11.6. The third-order valence-corrected chi connectivity index (χ3v) is 3.06. The highest BCUT2D eigenvalue weighted by Crippen LogP contribution is 2.28. The number of hydrogen-bond donors (Lipinski definition) is 0. The highest BCUT2D eigenvalue weighted by molar-refractivity contribution is 5.81. The molecule has 2 bridgehead atoms. The Hall–Kier alpha value is -0.790. The van der Waals surface area contributed by atoms with Gasteiger partial charge in [0.25, 0.3) is 0 Å². The van der Waals surface area contributed by atoms with Crippen LogP contribution in [0.5, 0.6) is 0 Å². The zero-order chi connectivity index (χ0) is 8.55. The third kappa shape index (κ3) is 1.15. The molecule has 0 aromatic heterocycles. The van der Waals surface area contributed by atoms with Crippen molar-refractivity contribution in [3.8, 4) is 0 Å². The van der Waals surface area contributed by atoms with Crippen LogP contribution in [0.25, 0.3) is 0 Å². The van der Waals surface area contributed by atoms with Gasteiger partial charge in [-0.2, -0.15) is 0 Å². The second-order valence-corrected chi connectivity index (χ2v) is 3.79. The highest BCUT2D eigenvalue weighted by atomic mass is 16.2. The minimum Gasteiger partial charge on any atom is -0.342 e. The molecular weight excluding hydrogens is 150 g/mol. The van der Waals surface area contributed by atoms with E-state index in [1.54, 1.807) is 0 Å². The van der Waals surface area contributed by atoms with Crippen LogP contribution >= 0.6 is 0 Å². The lowest BCUT2D eigenvalue weighted by atomic mass is 9.87. The summed E-state index contributed by atoms with van der Waals surface area (Å²) in [5.74, 6) is 0.508. The minimum absolute atomic E-state index is 0.187. The third-order valence-electron chi connectivity index (χ3n) is 3.06.